The lowest BCUT2D eigenvalue weighted by Crippen LogP contribution is -2.40. The summed E-state index contributed by atoms with van der Waals surface area (Å²) in [5.41, 5.74) is 1.78. The summed E-state index contributed by atoms with van der Waals surface area (Å²) in [6, 6.07) is 12.7. The van der Waals surface area contributed by atoms with Gasteiger partial charge in [0.05, 0.1) is 29.3 Å². The van der Waals surface area contributed by atoms with Crippen LogP contribution in [0.4, 0.5) is 5.69 Å². The van der Waals surface area contributed by atoms with Crippen molar-refractivity contribution in [3.63, 3.8) is 0 Å². The summed E-state index contributed by atoms with van der Waals surface area (Å²) < 4.78 is 5.09. The Hall–Kier alpha value is -3.62. The Morgan fingerprint density at radius 3 is 2.47 bits per heavy atom. The smallest absolute Gasteiger partial charge is 0.326 e. The monoisotopic (exact) mass is 500 g/mol. The summed E-state index contributed by atoms with van der Waals surface area (Å²) in [5.74, 6) is -0.714. The molecule has 0 aliphatic heterocycles. The van der Waals surface area contributed by atoms with Crippen LogP contribution < -0.4 is 15.4 Å². The molecular formula is C24H22Cl2N4O4. The van der Waals surface area contributed by atoms with E-state index in [9.17, 15) is 14.7 Å². The van der Waals surface area contributed by atoms with E-state index in [2.05, 4.69) is 20.6 Å². The number of halogens is 2. The summed E-state index contributed by atoms with van der Waals surface area (Å²) in [7, 11) is 1.55. The number of ether oxygens (including phenoxy) is 1. The summed E-state index contributed by atoms with van der Waals surface area (Å²) in [6.45, 7) is 0.432. The Bertz CT molecular complexity index is 1170. The number of rotatable bonds is 10. The zero-order valence-corrected chi connectivity index (χ0v) is 19.7. The number of methoxy groups -OCH3 is 1. The van der Waals surface area contributed by atoms with Crippen LogP contribution in [0.25, 0.3) is 6.08 Å². The Kier molecular flexibility index (Phi) is 8.84. The van der Waals surface area contributed by atoms with Crippen LogP contribution >= 0.6 is 23.2 Å². The molecule has 0 bridgehead atoms. The summed E-state index contributed by atoms with van der Waals surface area (Å²) >= 11 is 12.1. The first-order chi connectivity index (χ1) is 16.4. The van der Waals surface area contributed by atoms with E-state index >= 15 is 0 Å². The third-order valence-electron chi connectivity index (χ3n) is 4.73. The lowest BCUT2D eigenvalue weighted by atomic mass is 10.1. The number of nitrogens with one attached hydrogen (secondary N) is 2. The van der Waals surface area contributed by atoms with Gasteiger partial charge in [0.25, 0.3) is 5.91 Å². The molecule has 1 aromatic heterocycles. The molecule has 176 valence electrons. The average molecular weight is 501 g/mol. The first-order valence-electron chi connectivity index (χ1n) is 10.2. The van der Waals surface area contributed by atoms with Gasteiger partial charge in [-0.15, -0.1) is 0 Å². The molecule has 1 heterocycles. The quantitative estimate of drug-likeness (QED) is 0.369. The van der Waals surface area contributed by atoms with E-state index in [1.807, 2.05) is 24.3 Å². The van der Waals surface area contributed by atoms with Crippen LogP contribution in [0.3, 0.4) is 0 Å². The maximum atomic E-state index is 12.5. The molecule has 3 N–H and O–H groups in total. The maximum absolute atomic E-state index is 12.5. The fraction of sp³-hybridized carbons (Fsp3) is 0.167. The van der Waals surface area contributed by atoms with E-state index < -0.39 is 17.9 Å². The molecule has 0 saturated carbocycles. The molecule has 3 aromatic rings. The van der Waals surface area contributed by atoms with Crippen LogP contribution in [0.5, 0.6) is 5.88 Å². The number of carbonyl (C=O) groups excluding carboxylic acids is 1. The highest BCUT2D eigenvalue weighted by Crippen LogP contribution is 2.24. The van der Waals surface area contributed by atoms with Crippen LogP contribution in [-0.2, 0) is 11.3 Å². The van der Waals surface area contributed by atoms with Gasteiger partial charge in [0.1, 0.15) is 6.04 Å². The fourth-order valence-corrected chi connectivity index (χ4v) is 3.55. The first kappa shape index (κ1) is 25.0. The van der Waals surface area contributed by atoms with E-state index in [1.165, 1.54) is 12.1 Å². The molecule has 0 radical (unpaired) electrons. The minimum absolute atomic E-state index is 0.0449. The molecule has 1 atom stereocenters. The van der Waals surface area contributed by atoms with Crippen LogP contribution in [0.1, 0.15) is 28.2 Å². The number of carbonyl (C=O) groups is 2. The van der Waals surface area contributed by atoms with Crippen LogP contribution in [0.15, 0.2) is 60.8 Å². The van der Waals surface area contributed by atoms with Crippen LogP contribution in [0.2, 0.25) is 10.0 Å². The highest BCUT2D eigenvalue weighted by atomic mass is 35.5. The van der Waals surface area contributed by atoms with Crippen molar-refractivity contribution in [2.75, 3.05) is 12.4 Å². The maximum Gasteiger partial charge on any atom is 0.326 e. The zero-order valence-electron chi connectivity index (χ0n) is 18.2. The number of nitrogens with zero attached hydrogens (tertiary/aromatic N) is 2. The van der Waals surface area contributed by atoms with Crippen molar-refractivity contribution in [1.29, 1.82) is 0 Å². The third-order valence-corrected chi connectivity index (χ3v) is 5.36. The van der Waals surface area contributed by atoms with Gasteiger partial charge in [0.2, 0.25) is 5.88 Å². The summed E-state index contributed by atoms with van der Waals surface area (Å²) in [6.07, 6.45) is 5.17. The number of hydrogen-bond acceptors (Lipinski definition) is 6. The van der Waals surface area contributed by atoms with E-state index in [0.29, 0.717) is 18.2 Å². The summed E-state index contributed by atoms with van der Waals surface area (Å²) in [4.78, 5) is 32.5. The zero-order chi connectivity index (χ0) is 24.5. The van der Waals surface area contributed by atoms with E-state index in [4.69, 9.17) is 27.9 Å². The molecule has 34 heavy (non-hydrogen) atoms. The van der Waals surface area contributed by atoms with Crippen molar-refractivity contribution in [3.05, 3.63) is 87.8 Å². The Morgan fingerprint density at radius 1 is 1.12 bits per heavy atom. The largest absolute Gasteiger partial charge is 0.481 e. The Labute approximate surface area is 206 Å². The van der Waals surface area contributed by atoms with Crippen LogP contribution in [0, 0.1) is 0 Å². The third kappa shape index (κ3) is 6.94. The van der Waals surface area contributed by atoms with Gasteiger partial charge in [-0.2, -0.15) is 4.98 Å². The standard InChI is InChI=1S/C24H22Cl2N4O4/c1-34-21-12-13-27-20(30-21)14-28-16-10-8-15(9-11-16)4-2-7-19(24(32)33)29-23(31)22-17(25)5-3-6-18(22)26/h2-6,8-13,19,28H,7,14H2,1H3,(H,29,31)(H,32,33)/b4-2+. The molecule has 0 fully saturated rings. The van der Waals surface area contributed by atoms with Gasteiger partial charge in [-0.25, -0.2) is 9.78 Å². The number of benzene rings is 2. The predicted molar refractivity (Wildman–Crippen MR) is 131 cm³/mol. The van der Waals surface area contributed by atoms with Gasteiger partial charge in [0, 0.05) is 18.0 Å². The van der Waals surface area contributed by atoms with Crippen molar-refractivity contribution in [2.45, 2.75) is 19.0 Å². The van der Waals surface area contributed by atoms with Gasteiger partial charge in [0.15, 0.2) is 5.82 Å². The van der Waals surface area contributed by atoms with Crippen LogP contribution in [-0.4, -0.2) is 40.1 Å². The highest BCUT2D eigenvalue weighted by Gasteiger charge is 2.22. The summed E-state index contributed by atoms with van der Waals surface area (Å²) in [5, 5.41) is 15.5. The minimum Gasteiger partial charge on any atom is -0.481 e. The van der Waals surface area contributed by atoms with Crippen molar-refractivity contribution < 1.29 is 19.4 Å². The second kappa shape index (κ2) is 12.0. The Morgan fingerprint density at radius 2 is 1.82 bits per heavy atom. The molecule has 0 saturated heterocycles. The van der Waals surface area contributed by atoms with E-state index in [1.54, 1.807) is 37.6 Å². The van der Waals surface area contributed by atoms with Crippen molar-refractivity contribution in [1.82, 2.24) is 15.3 Å². The molecule has 3 rings (SSSR count). The van der Waals surface area contributed by atoms with Gasteiger partial charge < -0.3 is 20.5 Å². The van der Waals surface area contributed by atoms with Gasteiger partial charge in [-0.05, 0) is 36.2 Å². The number of aromatic nitrogens is 2. The second-order valence-electron chi connectivity index (χ2n) is 7.09. The molecule has 1 unspecified atom stereocenters. The van der Waals surface area contributed by atoms with Gasteiger partial charge >= 0.3 is 5.97 Å². The van der Waals surface area contributed by atoms with Crippen molar-refractivity contribution in [2.24, 2.45) is 0 Å². The van der Waals surface area contributed by atoms with E-state index in [-0.39, 0.29) is 22.0 Å². The van der Waals surface area contributed by atoms with E-state index in [0.717, 1.165) is 11.3 Å². The SMILES string of the molecule is COc1ccnc(CNc2ccc(/C=C/CC(NC(=O)c3c(Cl)cccc3Cl)C(=O)O)cc2)n1. The molecule has 1 amide bonds. The Balaban J connectivity index is 1.56. The second-order valence-corrected chi connectivity index (χ2v) is 7.90. The fourth-order valence-electron chi connectivity index (χ4n) is 2.98. The molecule has 8 nitrogen and oxygen atoms in total. The van der Waals surface area contributed by atoms with Gasteiger partial charge in [-0.1, -0.05) is 53.6 Å². The highest BCUT2D eigenvalue weighted by molar-refractivity contribution is 6.39. The predicted octanol–water partition coefficient (Wildman–Crippen LogP) is 4.69. The molecule has 0 spiro atoms. The molecule has 0 aliphatic rings. The number of hydrogen-bond donors (Lipinski definition) is 3. The molecular weight excluding hydrogens is 479 g/mol. The normalized spacial score (nSPS) is 11.7. The number of amides is 1. The lowest BCUT2D eigenvalue weighted by molar-refractivity contribution is -0.139. The first-order valence-corrected chi connectivity index (χ1v) is 11.0. The molecule has 2 aromatic carbocycles. The van der Waals surface area contributed by atoms with Crippen molar-refractivity contribution in [3.8, 4) is 5.88 Å². The molecule has 0 aliphatic carbocycles. The molecule has 10 heteroatoms. The lowest BCUT2D eigenvalue weighted by Gasteiger charge is -2.14. The minimum atomic E-state index is -1.17. The number of aliphatic carboxylic acids is 1. The average Bonchev–Trinajstić information content (AvgIpc) is 2.83. The number of carboxylic acid groups (broad SMARTS) is 1. The number of anilines is 1. The van der Waals surface area contributed by atoms with Crippen molar-refractivity contribution >= 4 is 46.8 Å². The number of carboxylic acids is 1. The topological polar surface area (TPSA) is 113 Å². The van der Waals surface area contributed by atoms with Gasteiger partial charge in [-0.3, -0.25) is 4.79 Å².